The molecule has 0 aliphatic rings. The van der Waals surface area contributed by atoms with Gasteiger partial charge in [-0.25, -0.2) is 0 Å². The first-order chi connectivity index (χ1) is 27.3. The molecule has 0 aromatic heterocycles. The van der Waals surface area contributed by atoms with Gasteiger partial charge in [0.25, 0.3) is 0 Å². The fourth-order valence-electron chi connectivity index (χ4n) is 7.87. The number of carbonyl (C=O) groups excluding carboxylic acids is 2. The molecule has 0 bridgehead atoms. The summed E-state index contributed by atoms with van der Waals surface area (Å²) in [6, 6.07) is 0. The molecule has 0 aliphatic carbocycles. The molecular weight excluding hydrogens is 693 g/mol. The van der Waals surface area contributed by atoms with Gasteiger partial charge >= 0.3 is 11.9 Å². The third-order valence-electron chi connectivity index (χ3n) is 11.7. The van der Waals surface area contributed by atoms with Crippen LogP contribution in [0.15, 0.2) is 0 Å². The third-order valence-corrected chi connectivity index (χ3v) is 11.7. The Labute approximate surface area is 350 Å². The summed E-state index contributed by atoms with van der Waals surface area (Å²) in [6.07, 6.45) is 50.4. The number of unbranched alkanes of at least 4 members (excludes halogenated alkanes) is 34. The van der Waals surface area contributed by atoms with Crippen molar-refractivity contribution in [3.63, 3.8) is 0 Å². The van der Waals surface area contributed by atoms with Crippen molar-refractivity contribution in [2.24, 2.45) is 11.8 Å². The number of rotatable bonds is 46. The van der Waals surface area contributed by atoms with Crippen LogP contribution in [0.25, 0.3) is 0 Å². The van der Waals surface area contributed by atoms with Crippen molar-refractivity contribution in [3.8, 4) is 0 Å². The molecule has 0 atom stereocenters. The zero-order valence-corrected chi connectivity index (χ0v) is 38.5. The quantitative estimate of drug-likeness (QED) is 0.0491. The number of aliphatic hydroxyl groups excluding tert-OH is 1. The number of esters is 2. The van der Waals surface area contributed by atoms with Crippen molar-refractivity contribution >= 4 is 11.9 Å². The minimum atomic E-state index is -0.957. The van der Waals surface area contributed by atoms with E-state index >= 15 is 0 Å². The lowest BCUT2D eigenvalue weighted by Gasteiger charge is -2.12. The minimum Gasteiger partial charge on any atom is -0.463 e. The van der Waals surface area contributed by atoms with Gasteiger partial charge < -0.3 is 14.6 Å². The molecular formula is C51H100O5. The van der Waals surface area contributed by atoms with Gasteiger partial charge in [0.2, 0.25) is 0 Å². The zero-order chi connectivity index (χ0) is 41.0. The van der Waals surface area contributed by atoms with Gasteiger partial charge in [-0.05, 0) is 24.7 Å². The highest BCUT2D eigenvalue weighted by molar-refractivity contribution is 5.69. The van der Waals surface area contributed by atoms with Crippen molar-refractivity contribution in [1.82, 2.24) is 0 Å². The molecule has 5 nitrogen and oxygen atoms in total. The maximum absolute atomic E-state index is 12.1. The van der Waals surface area contributed by atoms with Crippen LogP contribution in [0.1, 0.15) is 285 Å². The molecule has 0 radical (unpaired) electrons. The van der Waals surface area contributed by atoms with Gasteiger partial charge in [-0.3, -0.25) is 9.59 Å². The van der Waals surface area contributed by atoms with E-state index in [1.165, 1.54) is 218 Å². The van der Waals surface area contributed by atoms with Crippen LogP contribution in [0, 0.1) is 11.8 Å². The molecule has 0 heterocycles. The Morgan fingerprint density at radius 1 is 0.321 bits per heavy atom. The largest absolute Gasteiger partial charge is 0.463 e. The van der Waals surface area contributed by atoms with Crippen molar-refractivity contribution in [1.29, 1.82) is 0 Å². The first-order valence-corrected chi connectivity index (χ1v) is 25.3. The second-order valence-corrected chi connectivity index (χ2v) is 18.6. The van der Waals surface area contributed by atoms with E-state index in [1.54, 1.807) is 0 Å². The summed E-state index contributed by atoms with van der Waals surface area (Å²) in [5, 5.41) is 10.1. The highest BCUT2D eigenvalue weighted by Gasteiger charge is 2.12. The molecule has 56 heavy (non-hydrogen) atoms. The molecule has 0 rings (SSSR count). The number of aliphatic hydroxyl groups is 1. The van der Waals surface area contributed by atoms with Crippen LogP contribution in [-0.4, -0.2) is 36.4 Å². The number of hydrogen-bond acceptors (Lipinski definition) is 5. The Balaban J connectivity index is 3.34. The number of ether oxygens (including phenoxy) is 2. The van der Waals surface area contributed by atoms with Crippen LogP contribution in [0.2, 0.25) is 0 Å². The van der Waals surface area contributed by atoms with Crippen molar-refractivity contribution in [2.45, 2.75) is 291 Å². The van der Waals surface area contributed by atoms with Crippen LogP contribution in [0.5, 0.6) is 0 Å². The van der Waals surface area contributed by atoms with Gasteiger partial charge in [0.15, 0.2) is 0 Å². The van der Waals surface area contributed by atoms with Crippen LogP contribution in [0.3, 0.4) is 0 Å². The highest BCUT2D eigenvalue weighted by Crippen LogP contribution is 2.18. The fourth-order valence-corrected chi connectivity index (χ4v) is 7.87. The molecule has 1 N–H and O–H groups in total. The average molecular weight is 793 g/mol. The van der Waals surface area contributed by atoms with E-state index < -0.39 is 6.10 Å². The van der Waals surface area contributed by atoms with Crippen molar-refractivity contribution in [3.05, 3.63) is 0 Å². The second kappa shape index (κ2) is 45.0. The fraction of sp³-hybridized carbons (Fsp3) is 0.961. The summed E-state index contributed by atoms with van der Waals surface area (Å²) < 4.78 is 10.4. The normalized spacial score (nSPS) is 11.7. The third kappa shape index (κ3) is 47.3. The second-order valence-electron chi connectivity index (χ2n) is 18.6. The number of carbonyl (C=O) groups is 2. The average Bonchev–Trinajstić information content (AvgIpc) is 3.17. The minimum absolute atomic E-state index is 0.107. The predicted molar refractivity (Wildman–Crippen MR) is 242 cm³/mol. The van der Waals surface area contributed by atoms with E-state index in [2.05, 4.69) is 27.7 Å². The van der Waals surface area contributed by atoms with Crippen LogP contribution >= 0.6 is 0 Å². The van der Waals surface area contributed by atoms with Crippen molar-refractivity contribution < 1.29 is 24.2 Å². The van der Waals surface area contributed by atoms with Gasteiger partial charge in [0.05, 0.1) is 0 Å². The molecule has 0 aromatic carbocycles. The van der Waals surface area contributed by atoms with E-state index in [-0.39, 0.29) is 25.2 Å². The van der Waals surface area contributed by atoms with Crippen LogP contribution in [0.4, 0.5) is 0 Å². The van der Waals surface area contributed by atoms with E-state index in [1.807, 2.05) is 0 Å². The van der Waals surface area contributed by atoms with Gasteiger partial charge in [-0.15, -0.1) is 0 Å². The summed E-state index contributed by atoms with van der Waals surface area (Å²) >= 11 is 0. The van der Waals surface area contributed by atoms with E-state index in [9.17, 15) is 14.7 Å². The molecule has 0 saturated carbocycles. The first-order valence-electron chi connectivity index (χ1n) is 25.3. The van der Waals surface area contributed by atoms with Crippen LogP contribution < -0.4 is 0 Å². The van der Waals surface area contributed by atoms with Gasteiger partial charge in [-0.1, -0.05) is 259 Å². The van der Waals surface area contributed by atoms with E-state index in [0.29, 0.717) is 12.8 Å². The standard InChI is InChI=1S/C51H100O5/c1-47(2)41-37-33-29-25-21-17-13-9-5-7-11-15-19-23-27-31-35-39-43-50(53)55-45-49(52)46-56-51(54)44-40-36-32-28-24-20-16-12-8-6-10-14-18-22-26-30-34-38-42-48(3)4/h47-49,52H,5-46H2,1-4H3. The Kier molecular flexibility index (Phi) is 44.1. The Morgan fingerprint density at radius 3 is 0.696 bits per heavy atom. The SMILES string of the molecule is CC(C)CCCCCCCCCCCCCCCCCCCCC(=O)OCC(O)COC(=O)CCCCCCCCCCCCCCCCCCCCC(C)C. The smallest absolute Gasteiger partial charge is 0.305 e. The monoisotopic (exact) mass is 793 g/mol. The lowest BCUT2D eigenvalue weighted by Crippen LogP contribution is -2.25. The summed E-state index contributed by atoms with van der Waals surface area (Å²) in [5.74, 6) is 1.19. The van der Waals surface area contributed by atoms with Crippen molar-refractivity contribution in [2.75, 3.05) is 13.2 Å². The predicted octanol–water partition coefficient (Wildman–Crippen LogP) is 16.3. The molecule has 5 heteroatoms. The lowest BCUT2D eigenvalue weighted by atomic mass is 10.0. The summed E-state index contributed by atoms with van der Waals surface area (Å²) in [4.78, 5) is 24.1. The van der Waals surface area contributed by atoms with Gasteiger partial charge in [0.1, 0.15) is 19.3 Å². The maximum Gasteiger partial charge on any atom is 0.305 e. The zero-order valence-electron chi connectivity index (χ0n) is 38.5. The summed E-state index contributed by atoms with van der Waals surface area (Å²) in [5.41, 5.74) is 0. The van der Waals surface area contributed by atoms with Gasteiger partial charge in [-0.2, -0.15) is 0 Å². The molecule has 0 fully saturated rings. The van der Waals surface area contributed by atoms with E-state index in [4.69, 9.17) is 9.47 Å². The topological polar surface area (TPSA) is 72.8 Å². The Morgan fingerprint density at radius 2 is 0.500 bits per heavy atom. The summed E-state index contributed by atoms with van der Waals surface area (Å²) in [6.45, 7) is 9.10. The molecule has 334 valence electrons. The Hall–Kier alpha value is -1.10. The highest BCUT2D eigenvalue weighted by atomic mass is 16.6. The molecule has 0 aliphatic heterocycles. The van der Waals surface area contributed by atoms with E-state index in [0.717, 1.165) is 37.5 Å². The Bertz CT molecular complexity index is 731. The maximum atomic E-state index is 12.1. The molecule has 0 amide bonds. The molecule has 0 unspecified atom stereocenters. The lowest BCUT2D eigenvalue weighted by molar-refractivity contribution is -0.152. The number of hydrogen-bond donors (Lipinski definition) is 1. The molecule has 0 saturated heterocycles. The first kappa shape index (κ1) is 54.9. The molecule has 0 aromatic rings. The summed E-state index contributed by atoms with van der Waals surface area (Å²) in [7, 11) is 0. The van der Waals surface area contributed by atoms with Crippen LogP contribution in [-0.2, 0) is 19.1 Å². The molecule has 0 spiro atoms. The van der Waals surface area contributed by atoms with Gasteiger partial charge in [0, 0.05) is 12.8 Å².